The maximum absolute atomic E-state index is 10.4. The fourth-order valence-corrected chi connectivity index (χ4v) is 2.61. The minimum Gasteiger partial charge on any atom is -0.399 e. The highest BCUT2D eigenvalue weighted by Gasteiger charge is 2.19. The van der Waals surface area contributed by atoms with Crippen LogP contribution in [0.5, 0.6) is 0 Å². The quantitative estimate of drug-likeness (QED) is 0.821. The van der Waals surface area contributed by atoms with Crippen molar-refractivity contribution < 1.29 is 5.11 Å². The van der Waals surface area contributed by atoms with Gasteiger partial charge in [-0.15, -0.1) is 0 Å². The Labute approximate surface area is 113 Å². The lowest BCUT2D eigenvalue weighted by molar-refractivity contribution is 0.220. The number of benzene rings is 2. The van der Waals surface area contributed by atoms with E-state index in [9.17, 15) is 5.11 Å². The van der Waals surface area contributed by atoms with Crippen LogP contribution in [0.3, 0.4) is 0 Å². The van der Waals surface area contributed by atoms with Crippen LogP contribution in [0.25, 0.3) is 0 Å². The molecule has 2 nitrogen and oxygen atoms in total. The fourth-order valence-electron chi connectivity index (χ4n) is 2.61. The summed E-state index contributed by atoms with van der Waals surface area (Å²) in [6.45, 7) is 0. The van der Waals surface area contributed by atoms with Crippen LogP contribution in [0.15, 0.2) is 48.5 Å². The highest BCUT2D eigenvalue weighted by atomic mass is 16.3. The van der Waals surface area contributed by atoms with Gasteiger partial charge in [0, 0.05) is 5.69 Å². The Balaban J connectivity index is 1.81. The third kappa shape index (κ3) is 2.49. The second-order valence-electron chi connectivity index (χ2n) is 5.37. The van der Waals surface area contributed by atoms with Crippen molar-refractivity contribution in [2.75, 3.05) is 5.73 Å². The lowest BCUT2D eigenvalue weighted by atomic mass is 9.80. The third-order valence-corrected chi connectivity index (χ3v) is 4.06. The summed E-state index contributed by atoms with van der Waals surface area (Å²) >= 11 is 0. The molecule has 0 spiro atoms. The summed E-state index contributed by atoms with van der Waals surface area (Å²) in [4.78, 5) is 0. The molecule has 1 atom stereocenters. The number of rotatable bonds is 3. The molecule has 98 valence electrons. The number of aliphatic hydroxyl groups is 1. The van der Waals surface area contributed by atoms with Crippen molar-refractivity contribution in [3.8, 4) is 0 Å². The monoisotopic (exact) mass is 253 g/mol. The molecule has 0 radical (unpaired) electrons. The molecule has 1 aliphatic carbocycles. The van der Waals surface area contributed by atoms with Gasteiger partial charge in [-0.1, -0.05) is 42.8 Å². The topological polar surface area (TPSA) is 46.2 Å². The maximum Gasteiger partial charge on any atom is 0.104 e. The summed E-state index contributed by atoms with van der Waals surface area (Å²) < 4.78 is 0. The van der Waals surface area contributed by atoms with Gasteiger partial charge >= 0.3 is 0 Å². The van der Waals surface area contributed by atoms with Gasteiger partial charge in [0.15, 0.2) is 0 Å². The van der Waals surface area contributed by atoms with Gasteiger partial charge in [-0.2, -0.15) is 0 Å². The predicted molar refractivity (Wildman–Crippen MR) is 78.0 cm³/mol. The molecule has 0 bridgehead atoms. The van der Waals surface area contributed by atoms with Gasteiger partial charge in [-0.3, -0.25) is 0 Å². The van der Waals surface area contributed by atoms with Crippen molar-refractivity contribution >= 4 is 5.69 Å². The van der Waals surface area contributed by atoms with Crippen LogP contribution in [0.1, 0.15) is 48.0 Å². The first-order valence-corrected chi connectivity index (χ1v) is 6.87. The van der Waals surface area contributed by atoms with Crippen molar-refractivity contribution in [2.24, 2.45) is 0 Å². The van der Waals surface area contributed by atoms with E-state index in [0.717, 1.165) is 17.0 Å². The molecule has 1 aliphatic rings. The molecule has 3 N–H and O–H groups in total. The van der Waals surface area contributed by atoms with E-state index in [4.69, 9.17) is 5.73 Å². The van der Waals surface area contributed by atoms with Gasteiger partial charge in [0.2, 0.25) is 0 Å². The zero-order chi connectivity index (χ0) is 13.2. The maximum atomic E-state index is 10.4. The summed E-state index contributed by atoms with van der Waals surface area (Å²) in [5, 5.41) is 10.4. The van der Waals surface area contributed by atoms with E-state index < -0.39 is 6.10 Å². The Bertz CT molecular complexity index is 558. The fraction of sp³-hybridized carbons (Fsp3) is 0.294. The van der Waals surface area contributed by atoms with Gasteiger partial charge in [-0.05, 0) is 47.6 Å². The molecular formula is C17H19NO. The number of hydrogen-bond donors (Lipinski definition) is 2. The normalized spacial score (nSPS) is 16.9. The average molecular weight is 253 g/mol. The minimum absolute atomic E-state index is 0.598. The molecular weight excluding hydrogens is 234 g/mol. The van der Waals surface area contributed by atoms with Crippen molar-refractivity contribution in [2.45, 2.75) is 31.3 Å². The summed E-state index contributed by atoms with van der Waals surface area (Å²) in [6, 6.07) is 15.8. The van der Waals surface area contributed by atoms with E-state index in [1.54, 1.807) is 0 Å². The number of anilines is 1. The molecule has 0 saturated heterocycles. The summed E-state index contributed by atoms with van der Waals surface area (Å²) in [5.74, 6) is 0.735. The molecule has 2 aromatic carbocycles. The zero-order valence-electron chi connectivity index (χ0n) is 10.9. The van der Waals surface area contributed by atoms with Gasteiger partial charge in [0.1, 0.15) is 6.10 Å². The smallest absolute Gasteiger partial charge is 0.104 e. The highest BCUT2D eigenvalue weighted by Crippen LogP contribution is 2.36. The van der Waals surface area contributed by atoms with Gasteiger partial charge in [0.25, 0.3) is 0 Å². The first kappa shape index (κ1) is 12.2. The highest BCUT2D eigenvalue weighted by molar-refractivity contribution is 5.43. The summed E-state index contributed by atoms with van der Waals surface area (Å²) in [6.07, 6.45) is 3.35. The molecule has 0 heterocycles. The van der Waals surface area contributed by atoms with E-state index in [1.165, 1.54) is 24.8 Å². The molecule has 1 fully saturated rings. The number of aliphatic hydroxyl groups excluding tert-OH is 1. The molecule has 19 heavy (non-hydrogen) atoms. The van der Waals surface area contributed by atoms with E-state index in [2.05, 4.69) is 12.1 Å². The Morgan fingerprint density at radius 3 is 2.32 bits per heavy atom. The molecule has 0 aliphatic heterocycles. The van der Waals surface area contributed by atoms with Crippen LogP contribution in [0, 0.1) is 0 Å². The van der Waals surface area contributed by atoms with Crippen LogP contribution in [0.4, 0.5) is 5.69 Å². The minimum atomic E-state index is -0.598. The van der Waals surface area contributed by atoms with E-state index in [0.29, 0.717) is 5.69 Å². The van der Waals surface area contributed by atoms with Crippen molar-refractivity contribution in [1.82, 2.24) is 0 Å². The Morgan fingerprint density at radius 1 is 1.00 bits per heavy atom. The van der Waals surface area contributed by atoms with Crippen LogP contribution < -0.4 is 5.73 Å². The standard InChI is InChI=1S/C17H19NO/c18-16-6-2-5-15(11-16)17(19)14-9-7-13(8-10-14)12-3-1-4-12/h2,5-12,17,19H,1,3-4,18H2. The van der Waals surface area contributed by atoms with Crippen LogP contribution in [-0.2, 0) is 0 Å². The second-order valence-corrected chi connectivity index (χ2v) is 5.37. The van der Waals surface area contributed by atoms with E-state index in [1.807, 2.05) is 36.4 Å². The zero-order valence-corrected chi connectivity index (χ0v) is 10.9. The van der Waals surface area contributed by atoms with Crippen molar-refractivity contribution in [1.29, 1.82) is 0 Å². The number of nitrogen functional groups attached to an aromatic ring is 1. The lowest BCUT2D eigenvalue weighted by Gasteiger charge is -2.26. The molecule has 0 amide bonds. The molecule has 1 unspecified atom stereocenters. The molecule has 2 aromatic rings. The predicted octanol–water partition coefficient (Wildman–Crippen LogP) is 3.62. The molecule has 3 rings (SSSR count). The summed E-state index contributed by atoms with van der Waals surface area (Å²) in [7, 11) is 0. The van der Waals surface area contributed by atoms with Crippen molar-refractivity contribution in [3.05, 3.63) is 65.2 Å². The van der Waals surface area contributed by atoms with E-state index in [-0.39, 0.29) is 0 Å². The van der Waals surface area contributed by atoms with Gasteiger partial charge in [-0.25, -0.2) is 0 Å². The third-order valence-electron chi connectivity index (χ3n) is 4.06. The van der Waals surface area contributed by atoms with E-state index >= 15 is 0 Å². The lowest BCUT2D eigenvalue weighted by Crippen LogP contribution is -2.09. The average Bonchev–Trinajstić information content (AvgIpc) is 2.37. The summed E-state index contributed by atoms with van der Waals surface area (Å²) in [5.41, 5.74) is 9.60. The molecule has 2 heteroatoms. The number of nitrogens with two attached hydrogens (primary N) is 1. The van der Waals surface area contributed by atoms with Gasteiger partial charge in [0.05, 0.1) is 0 Å². The largest absolute Gasteiger partial charge is 0.399 e. The number of hydrogen-bond acceptors (Lipinski definition) is 2. The van der Waals surface area contributed by atoms with Crippen LogP contribution in [-0.4, -0.2) is 5.11 Å². The SMILES string of the molecule is Nc1cccc(C(O)c2ccc(C3CCC3)cc2)c1. The second kappa shape index (κ2) is 5.06. The van der Waals surface area contributed by atoms with Gasteiger partial charge < -0.3 is 10.8 Å². The molecule has 1 saturated carbocycles. The Morgan fingerprint density at radius 2 is 1.74 bits per heavy atom. The van der Waals surface area contributed by atoms with Crippen LogP contribution in [0.2, 0.25) is 0 Å². The van der Waals surface area contributed by atoms with Crippen LogP contribution >= 0.6 is 0 Å². The Hall–Kier alpha value is -1.80. The van der Waals surface area contributed by atoms with Crippen molar-refractivity contribution in [3.63, 3.8) is 0 Å². The molecule has 0 aromatic heterocycles. The first-order chi connectivity index (χ1) is 9.24. The Kier molecular flexibility index (Phi) is 3.26. The first-order valence-electron chi connectivity index (χ1n) is 6.87.